The molecule has 106 valence electrons. The predicted octanol–water partition coefficient (Wildman–Crippen LogP) is 5.13. The van der Waals surface area contributed by atoms with Crippen LogP contribution in [0.15, 0.2) is 30.3 Å². The number of para-hydroxylation sites is 1. The summed E-state index contributed by atoms with van der Waals surface area (Å²) in [6.07, 6.45) is 2.09. The van der Waals surface area contributed by atoms with Crippen molar-refractivity contribution in [1.29, 1.82) is 0 Å². The first-order chi connectivity index (χ1) is 9.65. The number of aromatic nitrogens is 1. The second-order valence-corrected chi connectivity index (χ2v) is 5.25. The molecule has 2 N–H and O–H groups in total. The predicted molar refractivity (Wildman–Crippen MR) is 87.5 cm³/mol. The molecule has 20 heavy (non-hydrogen) atoms. The van der Waals surface area contributed by atoms with Crippen molar-refractivity contribution in [3.63, 3.8) is 0 Å². The molecule has 0 aliphatic rings. The zero-order chi connectivity index (χ0) is 14.5. The molecule has 0 aliphatic carbocycles. The molecule has 2 aromatic rings. The average molecular weight is 310 g/mol. The molecule has 0 saturated carbocycles. The molecule has 0 saturated heterocycles. The number of halogens is 2. The lowest BCUT2D eigenvalue weighted by Crippen LogP contribution is -2.01. The Labute approximate surface area is 129 Å². The monoisotopic (exact) mass is 309 g/mol. The Morgan fingerprint density at radius 3 is 2.50 bits per heavy atom. The number of nitrogens with zero attached hydrogens (tertiary/aromatic N) is 1. The molecule has 1 aromatic carbocycles. The lowest BCUT2D eigenvalue weighted by molar-refractivity contribution is 0.923. The van der Waals surface area contributed by atoms with E-state index in [2.05, 4.69) is 28.6 Å². The molecule has 5 heteroatoms. The van der Waals surface area contributed by atoms with E-state index in [1.807, 2.05) is 18.2 Å². The SMILES string of the molecule is CCCc1ccccc1Nc1nc(NC)c(Cl)cc1Cl. The number of aryl methyl sites for hydroxylation is 1. The van der Waals surface area contributed by atoms with Crippen LogP contribution in [0, 0.1) is 0 Å². The summed E-state index contributed by atoms with van der Waals surface area (Å²) in [4.78, 5) is 4.40. The summed E-state index contributed by atoms with van der Waals surface area (Å²) >= 11 is 12.2. The number of anilines is 3. The van der Waals surface area contributed by atoms with Crippen LogP contribution < -0.4 is 10.6 Å². The molecule has 0 radical (unpaired) electrons. The van der Waals surface area contributed by atoms with Gasteiger partial charge in [-0.1, -0.05) is 54.7 Å². The molecule has 0 aliphatic heterocycles. The van der Waals surface area contributed by atoms with E-state index in [4.69, 9.17) is 23.2 Å². The lowest BCUT2D eigenvalue weighted by Gasteiger charge is -2.13. The standard InChI is InChI=1S/C15H17Cl2N3/c1-3-6-10-7-4-5-8-13(10)19-15-12(17)9-11(16)14(18-2)20-15/h4-5,7-9H,3,6H2,1-2H3,(H2,18,19,20). The summed E-state index contributed by atoms with van der Waals surface area (Å²) in [5.74, 6) is 1.20. The van der Waals surface area contributed by atoms with Gasteiger partial charge >= 0.3 is 0 Å². The van der Waals surface area contributed by atoms with Gasteiger partial charge in [0.25, 0.3) is 0 Å². The fraction of sp³-hybridized carbons (Fsp3) is 0.267. The molecule has 0 amide bonds. The summed E-state index contributed by atoms with van der Waals surface area (Å²) in [6, 6.07) is 9.84. The molecular weight excluding hydrogens is 293 g/mol. The van der Waals surface area contributed by atoms with Gasteiger partial charge in [0, 0.05) is 12.7 Å². The first-order valence-electron chi connectivity index (χ1n) is 6.54. The van der Waals surface area contributed by atoms with Gasteiger partial charge in [-0.3, -0.25) is 0 Å². The number of hydrogen-bond acceptors (Lipinski definition) is 3. The van der Waals surface area contributed by atoms with E-state index in [0.29, 0.717) is 21.7 Å². The fourth-order valence-electron chi connectivity index (χ4n) is 1.99. The summed E-state index contributed by atoms with van der Waals surface area (Å²) < 4.78 is 0. The second-order valence-electron chi connectivity index (χ2n) is 4.43. The number of benzene rings is 1. The van der Waals surface area contributed by atoms with Gasteiger partial charge in [-0.2, -0.15) is 0 Å². The third kappa shape index (κ3) is 3.35. The van der Waals surface area contributed by atoms with Crippen LogP contribution in [-0.4, -0.2) is 12.0 Å². The zero-order valence-corrected chi connectivity index (χ0v) is 13.0. The quantitative estimate of drug-likeness (QED) is 0.804. The molecule has 0 fully saturated rings. The van der Waals surface area contributed by atoms with E-state index in [0.717, 1.165) is 18.5 Å². The van der Waals surface area contributed by atoms with Gasteiger partial charge in [0.2, 0.25) is 0 Å². The minimum Gasteiger partial charge on any atom is -0.372 e. The molecule has 3 nitrogen and oxygen atoms in total. The van der Waals surface area contributed by atoms with E-state index in [1.165, 1.54) is 5.56 Å². The highest BCUT2D eigenvalue weighted by Gasteiger charge is 2.10. The number of rotatable bonds is 5. The van der Waals surface area contributed by atoms with Gasteiger partial charge in [0.1, 0.15) is 5.82 Å². The van der Waals surface area contributed by atoms with Crippen molar-refractivity contribution < 1.29 is 0 Å². The van der Waals surface area contributed by atoms with Crippen molar-refractivity contribution in [3.05, 3.63) is 45.9 Å². The van der Waals surface area contributed by atoms with Crippen LogP contribution in [0.2, 0.25) is 10.0 Å². The highest BCUT2D eigenvalue weighted by molar-refractivity contribution is 6.37. The highest BCUT2D eigenvalue weighted by atomic mass is 35.5. The van der Waals surface area contributed by atoms with Crippen molar-refractivity contribution >= 4 is 40.5 Å². The molecule has 0 atom stereocenters. The maximum Gasteiger partial charge on any atom is 0.151 e. The molecule has 2 rings (SSSR count). The smallest absolute Gasteiger partial charge is 0.151 e. The van der Waals surface area contributed by atoms with Gasteiger partial charge in [-0.05, 0) is 24.1 Å². The molecule has 1 heterocycles. The van der Waals surface area contributed by atoms with Crippen LogP contribution in [0.5, 0.6) is 0 Å². The molecule has 1 aromatic heterocycles. The van der Waals surface area contributed by atoms with E-state index >= 15 is 0 Å². The maximum absolute atomic E-state index is 6.20. The van der Waals surface area contributed by atoms with Crippen molar-refractivity contribution in [1.82, 2.24) is 4.98 Å². The van der Waals surface area contributed by atoms with Crippen LogP contribution >= 0.6 is 23.2 Å². The summed E-state index contributed by atoms with van der Waals surface area (Å²) in [7, 11) is 1.77. The lowest BCUT2D eigenvalue weighted by atomic mass is 10.1. The van der Waals surface area contributed by atoms with Crippen molar-refractivity contribution in [2.75, 3.05) is 17.7 Å². The second kappa shape index (κ2) is 6.82. The average Bonchev–Trinajstić information content (AvgIpc) is 2.44. The highest BCUT2D eigenvalue weighted by Crippen LogP contribution is 2.31. The Hall–Kier alpha value is -1.45. The van der Waals surface area contributed by atoms with Gasteiger partial charge in [0.05, 0.1) is 10.0 Å². The van der Waals surface area contributed by atoms with Gasteiger partial charge in [-0.15, -0.1) is 0 Å². The van der Waals surface area contributed by atoms with Gasteiger partial charge in [0.15, 0.2) is 5.82 Å². The largest absolute Gasteiger partial charge is 0.372 e. The number of nitrogens with one attached hydrogen (secondary N) is 2. The van der Waals surface area contributed by atoms with Gasteiger partial charge < -0.3 is 10.6 Å². The van der Waals surface area contributed by atoms with Crippen LogP contribution in [0.1, 0.15) is 18.9 Å². The molecule has 0 unspecified atom stereocenters. The summed E-state index contributed by atoms with van der Waals surface area (Å²) in [5, 5.41) is 7.24. The maximum atomic E-state index is 6.20. The van der Waals surface area contributed by atoms with Crippen LogP contribution in [0.25, 0.3) is 0 Å². The Bertz CT molecular complexity index is 600. The van der Waals surface area contributed by atoms with E-state index in [9.17, 15) is 0 Å². The van der Waals surface area contributed by atoms with Crippen LogP contribution in [0.3, 0.4) is 0 Å². The normalized spacial score (nSPS) is 10.4. The first kappa shape index (κ1) is 14.9. The van der Waals surface area contributed by atoms with Gasteiger partial charge in [-0.25, -0.2) is 4.98 Å². The Kier molecular flexibility index (Phi) is 5.10. The topological polar surface area (TPSA) is 37.0 Å². The molecular formula is C15H17Cl2N3. The minimum atomic E-state index is 0.500. The Balaban J connectivity index is 2.35. The van der Waals surface area contributed by atoms with E-state index in [1.54, 1.807) is 13.1 Å². The van der Waals surface area contributed by atoms with Crippen molar-refractivity contribution in [2.45, 2.75) is 19.8 Å². The van der Waals surface area contributed by atoms with Crippen molar-refractivity contribution in [3.8, 4) is 0 Å². The third-order valence-electron chi connectivity index (χ3n) is 2.96. The fourth-order valence-corrected chi connectivity index (χ4v) is 2.49. The molecule has 0 spiro atoms. The minimum absolute atomic E-state index is 0.500. The summed E-state index contributed by atoms with van der Waals surface area (Å²) in [5.41, 5.74) is 2.27. The Morgan fingerprint density at radius 1 is 1.10 bits per heavy atom. The third-order valence-corrected chi connectivity index (χ3v) is 3.53. The van der Waals surface area contributed by atoms with Crippen LogP contribution in [0.4, 0.5) is 17.3 Å². The first-order valence-corrected chi connectivity index (χ1v) is 7.30. The number of pyridine rings is 1. The zero-order valence-electron chi connectivity index (χ0n) is 11.5. The van der Waals surface area contributed by atoms with Crippen molar-refractivity contribution in [2.24, 2.45) is 0 Å². The van der Waals surface area contributed by atoms with E-state index < -0.39 is 0 Å². The Morgan fingerprint density at radius 2 is 1.80 bits per heavy atom. The van der Waals surface area contributed by atoms with E-state index in [-0.39, 0.29) is 0 Å². The molecule has 0 bridgehead atoms. The number of hydrogen-bond donors (Lipinski definition) is 2. The van der Waals surface area contributed by atoms with Crippen LogP contribution in [-0.2, 0) is 6.42 Å². The summed E-state index contributed by atoms with van der Waals surface area (Å²) in [6.45, 7) is 2.16.